The second kappa shape index (κ2) is 9.34. The van der Waals surface area contributed by atoms with Crippen molar-refractivity contribution in [3.63, 3.8) is 0 Å². The fraction of sp³-hybridized carbons (Fsp3) is 0.500. The highest BCUT2D eigenvalue weighted by atomic mass is 79.9. The first-order valence-electron chi connectivity index (χ1n) is 6.29. The Morgan fingerprint density at radius 3 is 2.47 bits per heavy atom. The molecule has 3 nitrogen and oxygen atoms in total. The van der Waals surface area contributed by atoms with Crippen molar-refractivity contribution in [1.29, 1.82) is 0 Å². The van der Waals surface area contributed by atoms with Gasteiger partial charge in [0.05, 0.1) is 6.04 Å². The number of hydrogen-bond donors (Lipinski definition) is 1. The lowest BCUT2D eigenvalue weighted by Gasteiger charge is -2.21. The van der Waals surface area contributed by atoms with Crippen molar-refractivity contribution in [2.75, 3.05) is 13.6 Å². The molecule has 1 atom stereocenters. The maximum Gasteiger partial charge on any atom is 0.239 e. The first-order chi connectivity index (χ1) is 8.54. The molecule has 0 spiro atoms. The van der Waals surface area contributed by atoms with Crippen molar-refractivity contribution in [1.82, 2.24) is 4.90 Å². The summed E-state index contributed by atoms with van der Waals surface area (Å²) in [6, 6.07) is 7.80. The van der Waals surface area contributed by atoms with Crippen LogP contribution in [0.25, 0.3) is 0 Å². The minimum Gasteiger partial charge on any atom is -0.344 e. The van der Waals surface area contributed by atoms with Crippen LogP contribution in [0.2, 0.25) is 0 Å². The van der Waals surface area contributed by atoms with E-state index in [2.05, 4.69) is 28.1 Å². The highest BCUT2D eigenvalue weighted by Crippen LogP contribution is 2.11. The number of hydrogen-bond acceptors (Lipinski definition) is 2. The Kier molecular flexibility index (Phi) is 9.06. The summed E-state index contributed by atoms with van der Waals surface area (Å²) in [4.78, 5) is 13.6. The molecule has 1 rings (SSSR count). The molecule has 1 aromatic rings. The number of benzene rings is 1. The van der Waals surface area contributed by atoms with Crippen molar-refractivity contribution in [3.05, 3.63) is 34.3 Å². The average Bonchev–Trinajstić information content (AvgIpc) is 2.37. The van der Waals surface area contributed by atoms with Crippen LogP contribution in [-0.2, 0) is 11.2 Å². The number of carbonyl (C=O) groups is 1. The standard InChI is InChI=1S/C14H21BrN2O.ClH/c1-3-4-13(16)14(18)17(2)10-9-11-5-7-12(15)8-6-11;/h5-8,13H,3-4,9-10,16H2,1-2H3;1H. The molecule has 1 unspecified atom stereocenters. The summed E-state index contributed by atoms with van der Waals surface area (Å²) in [6.45, 7) is 2.74. The molecular weight excluding hydrogens is 328 g/mol. The highest BCUT2D eigenvalue weighted by molar-refractivity contribution is 9.10. The number of nitrogens with two attached hydrogens (primary N) is 1. The average molecular weight is 350 g/mol. The van der Waals surface area contributed by atoms with Gasteiger partial charge >= 0.3 is 0 Å². The van der Waals surface area contributed by atoms with Gasteiger partial charge < -0.3 is 10.6 Å². The van der Waals surface area contributed by atoms with E-state index in [4.69, 9.17) is 5.73 Å². The summed E-state index contributed by atoms with van der Waals surface area (Å²) in [5.74, 6) is 0.0361. The van der Waals surface area contributed by atoms with Crippen LogP contribution >= 0.6 is 28.3 Å². The van der Waals surface area contributed by atoms with E-state index in [1.54, 1.807) is 4.90 Å². The lowest BCUT2D eigenvalue weighted by Crippen LogP contribution is -2.42. The quantitative estimate of drug-likeness (QED) is 0.858. The zero-order valence-corrected chi connectivity index (χ0v) is 13.8. The molecule has 0 radical (unpaired) electrons. The Labute approximate surface area is 130 Å². The monoisotopic (exact) mass is 348 g/mol. The third kappa shape index (κ3) is 6.41. The van der Waals surface area contributed by atoms with E-state index < -0.39 is 0 Å². The second-order valence-electron chi connectivity index (χ2n) is 4.53. The Morgan fingerprint density at radius 1 is 1.37 bits per heavy atom. The van der Waals surface area contributed by atoms with E-state index in [0.29, 0.717) is 6.54 Å². The van der Waals surface area contributed by atoms with E-state index in [-0.39, 0.29) is 24.4 Å². The molecule has 0 saturated carbocycles. The molecule has 1 aromatic carbocycles. The number of nitrogens with zero attached hydrogens (tertiary/aromatic N) is 1. The van der Waals surface area contributed by atoms with Crippen LogP contribution in [0.4, 0.5) is 0 Å². The molecule has 0 fully saturated rings. The molecule has 1 amide bonds. The second-order valence-corrected chi connectivity index (χ2v) is 5.45. The van der Waals surface area contributed by atoms with Crippen LogP contribution in [0.3, 0.4) is 0 Å². The van der Waals surface area contributed by atoms with Gasteiger partial charge in [0.15, 0.2) is 0 Å². The summed E-state index contributed by atoms with van der Waals surface area (Å²) in [6.07, 6.45) is 2.54. The normalized spacial score (nSPS) is 11.6. The molecule has 0 aromatic heterocycles. The van der Waals surface area contributed by atoms with Gasteiger partial charge in [0.25, 0.3) is 0 Å². The van der Waals surface area contributed by atoms with Gasteiger partial charge in [-0.25, -0.2) is 0 Å². The van der Waals surface area contributed by atoms with Crippen LogP contribution in [0.15, 0.2) is 28.7 Å². The van der Waals surface area contributed by atoms with Crippen LogP contribution < -0.4 is 5.73 Å². The van der Waals surface area contributed by atoms with E-state index in [1.807, 2.05) is 26.1 Å². The molecule has 0 aliphatic carbocycles. The lowest BCUT2D eigenvalue weighted by atomic mass is 10.1. The Bertz CT molecular complexity index is 384. The van der Waals surface area contributed by atoms with Crippen molar-refractivity contribution in [2.24, 2.45) is 5.73 Å². The zero-order chi connectivity index (χ0) is 13.5. The number of halogens is 2. The van der Waals surface area contributed by atoms with E-state index in [0.717, 1.165) is 23.7 Å². The molecule has 5 heteroatoms. The van der Waals surface area contributed by atoms with E-state index >= 15 is 0 Å². The lowest BCUT2D eigenvalue weighted by molar-refractivity contribution is -0.131. The summed E-state index contributed by atoms with van der Waals surface area (Å²) in [5.41, 5.74) is 7.04. The van der Waals surface area contributed by atoms with Crippen LogP contribution in [0.1, 0.15) is 25.3 Å². The third-order valence-corrected chi connectivity index (χ3v) is 3.47. The molecule has 0 bridgehead atoms. The Balaban J connectivity index is 0.00000324. The van der Waals surface area contributed by atoms with Gasteiger partial charge in [0, 0.05) is 18.1 Å². The molecule has 0 aliphatic rings. The number of carbonyl (C=O) groups excluding carboxylic acids is 1. The molecule has 0 aliphatic heterocycles. The fourth-order valence-electron chi connectivity index (χ4n) is 1.78. The van der Waals surface area contributed by atoms with Gasteiger partial charge in [-0.15, -0.1) is 12.4 Å². The SMILES string of the molecule is CCCC(N)C(=O)N(C)CCc1ccc(Br)cc1.Cl. The van der Waals surface area contributed by atoms with Crippen molar-refractivity contribution in [3.8, 4) is 0 Å². The molecule has 19 heavy (non-hydrogen) atoms. The Morgan fingerprint density at radius 2 is 1.95 bits per heavy atom. The van der Waals surface area contributed by atoms with E-state index in [9.17, 15) is 4.79 Å². The molecule has 2 N–H and O–H groups in total. The van der Waals surface area contributed by atoms with E-state index in [1.165, 1.54) is 5.56 Å². The minimum absolute atomic E-state index is 0. The maximum atomic E-state index is 11.9. The van der Waals surface area contributed by atoms with Crippen LogP contribution in [0.5, 0.6) is 0 Å². The summed E-state index contributed by atoms with van der Waals surface area (Å²) in [5, 5.41) is 0. The number of rotatable bonds is 6. The number of likely N-dealkylation sites (N-methyl/N-ethyl adjacent to an activating group) is 1. The van der Waals surface area contributed by atoms with Gasteiger partial charge in [0.1, 0.15) is 0 Å². The van der Waals surface area contributed by atoms with Crippen molar-refractivity contribution < 1.29 is 4.79 Å². The fourth-order valence-corrected chi connectivity index (χ4v) is 2.04. The van der Waals surface area contributed by atoms with Gasteiger partial charge in [-0.1, -0.05) is 41.4 Å². The molecule has 108 valence electrons. The number of amides is 1. The summed E-state index contributed by atoms with van der Waals surface area (Å²) >= 11 is 3.40. The summed E-state index contributed by atoms with van der Waals surface area (Å²) < 4.78 is 1.07. The predicted octanol–water partition coefficient (Wildman–Crippen LogP) is 3.00. The third-order valence-electron chi connectivity index (χ3n) is 2.94. The zero-order valence-electron chi connectivity index (χ0n) is 11.4. The summed E-state index contributed by atoms with van der Waals surface area (Å²) in [7, 11) is 1.82. The van der Waals surface area contributed by atoms with Crippen molar-refractivity contribution >= 4 is 34.2 Å². The maximum absolute atomic E-state index is 11.9. The topological polar surface area (TPSA) is 46.3 Å². The molecular formula is C14H22BrClN2O. The molecule has 0 heterocycles. The first kappa shape index (κ1) is 18.4. The van der Waals surface area contributed by atoms with Crippen LogP contribution in [0, 0.1) is 0 Å². The van der Waals surface area contributed by atoms with Gasteiger partial charge in [-0.2, -0.15) is 0 Å². The van der Waals surface area contributed by atoms with Gasteiger partial charge in [-0.05, 0) is 30.5 Å². The Hall–Kier alpha value is -0.580. The predicted molar refractivity (Wildman–Crippen MR) is 85.6 cm³/mol. The van der Waals surface area contributed by atoms with Crippen molar-refractivity contribution in [2.45, 2.75) is 32.2 Å². The minimum atomic E-state index is -0.357. The van der Waals surface area contributed by atoms with Gasteiger partial charge in [0.2, 0.25) is 5.91 Å². The largest absolute Gasteiger partial charge is 0.344 e. The smallest absolute Gasteiger partial charge is 0.239 e. The first-order valence-corrected chi connectivity index (χ1v) is 7.09. The van der Waals surface area contributed by atoms with Gasteiger partial charge in [-0.3, -0.25) is 4.79 Å². The van der Waals surface area contributed by atoms with Crippen LogP contribution in [-0.4, -0.2) is 30.4 Å². The highest BCUT2D eigenvalue weighted by Gasteiger charge is 2.16. The molecule has 0 saturated heterocycles.